The van der Waals surface area contributed by atoms with Crippen molar-refractivity contribution in [2.75, 3.05) is 0 Å². The molecule has 0 aliphatic heterocycles. The molecule has 1 aromatic heterocycles. The third-order valence-corrected chi connectivity index (χ3v) is 6.40. The summed E-state index contributed by atoms with van der Waals surface area (Å²) in [5.41, 5.74) is 0. The van der Waals surface area contributed by atoms with Crippen LogP contribution in [0, 0.1) is 5.92 Å². The molecule has 0 amide bonds. The number of nitrogens with one attached hydrogen (secondary N) is 1. The Balaban J connectivity index is 1.38. The molecule has 0 spiro atoms. The number of hydrogen-bond donors (Lipinski definition) is 2. The van der Waals surface area contributed by atoms with Gasteiger partial charge in [-0.2, -0.15) is 5.10 Å². The summed E-state index contributed by atoms with van der Waals surface area (Å²) in [5, 5.41) is 14.4. The van der Waals surface area contributed by atoms with E-state index < -0.39 is 22.2 Å². The van der Waals surface area contributed by atoms with Crippen LogP contribution in [0.2, 0.25) is 0 Å². The highest BCUT2D eigenvalue weighted by molar-refractivity contribution is 7.89. The number of rotatable bonds is 7. The molecular weight excluding hydrogens is 354 g/mol. The van der Waals surface area contributed by atoms with Gasteiger partial charge in [0.1, 0.15) is 5.75 Å². The minimum atomic E-state index is -3.68. The van der Waals surface area contributed by atoms with Crippen molar-refractivity contribution in [3.8, 4) is 5.75 Å². The van der Waals surface area contributed by atoms with E-state index in [2.05, 4.69) is 9.82 Å². The SMILES string of the molecule is O=S(=O)(N[C@@H]1CC(Cn2cccn2)C[C@H]1O)c1ccc(OC2CC2)cc1. The Morgan fingerprint density at radius 3 is 2.65 bits per heavy atom. The maximum atomic E-state index is 12.6. The van der Waals surface area contributed by atoms with E-state index in [4.69, 9.17) is 4.74 Å². The third-order valence-electron chi connectivity index (χ3n) is 4.90. The average Bonchev–Trinajstić information content (AvgIpc) is 3.14. The molecular formula is C18H23N3O4S. The zero-order valence-electron chi connectivity index (χ0n) is 14.4. The fourth-order valence-electron chi connectivity index (χ4n) is 3.41. The van der Waals surface area contributed by atoms with Crippen molar-refractivity contribution in [3.63, 3.8) is 0 Å². The molecule has 1 heterocycles. The lowest BCUT2D eigenvalue weighted by atomic mass is 10.1. The lowest BCUT2D eigenvalue weighted by Crippen LogP contribution is -2.39. The number of nitrogens with zero attached hydrogens (tertiary/aromatic N) is 2. The Morgan fingerprint density at radius 1 is 1.23 bits per heavy atom. The largest absolute Gasteiger partial charge is 0.490 e. The molecule has 8 heteroatoms. The molecule has 2 fully saturated rings. The van der Waals surface area contributed by atoms with E-state index >= 15 is 0 Å². The van der Waals surface area contributed by atoms with Gasteiger partial charge < -0.3 is 9.84 Å². The lowest BCUT2D eigenvalue weighted by Gasteiger charge is -2.17. The van der Waals surface area contributed by atoms with Crippen LogP contribution in [0.15, 0.2) is 47.6 Å². The van der Waals surface area contributed by atoms with Crippen LogP contribution in [0.1, 0.15) is 25.7 Å². The molecule has 4 rings (SSSR count). The molecule has 2 N–H and O–H groups in total. The minimum Gasteiger partial charge on any atom is -0.490 e. The summed E-state index contributed by atoms with van der Waals surface area (Å²) in [6, 6.07) is 7.81. The summed E-state index contributed by atoms with van der Waals surface area (Å²) < 4.78 is 35.4. The molecule has 1 unspecified atom stereocenters. The van der Waals surface area contributed by atoms with Crippen LogP contribution in [0.4, 0.5) is 0 Å². The van der Waals surface area contributed by atoms with Gasteiger partial charge in [0, 0.05) is 25.0 Å². The van der Waals surface area contributed by atoms with Gasteiger partial charge in [0.15, 0.2) is 0 Å². The quantitative estimate of drug-likeness (QED) is 0.763. The average molecular weight is 377 g/mol. The number of hydrogen-bond acceptors (Lipinski definition) is 5. The first-order valence-electron chi connectivity index (χ1n) is 8.94. The topological polar surface area (TPSA) is 93.5 Å². The van der Waals surface area contributed by atoms with Crippen LogP contribution < -0.4 is 9.46 Å². The first-order chi connectivity index (χ1) is 12.5. The Bertz CT molecular complexity index is 832. The van der Waals surface area contributed by atoms with E-state index in [9.17, 15) is 13.5 Å². The van der Waals surface area contributed by atoms with Crippen LogP contribution in [0.25, 0.3) is 0 Å². The van der Waals surface area contributed by atoms with E-state index in [0.29, 0.717) is 25.1 Å². The van der Waals surface area contributed by atoms with Gasteiger partial charge in [0.25, 0.3) is 0 Å². The number of aliphatic hydroxyl groups is 1. The molecule has 26 heavy (non-hydrogen) atoms. The van der Waals surface area contributed by atoms with Crippen LogP contribution in [0.3, 0.4) is 0 Å². The highest BCUT2D eigenvalue weighted by Gasteiger charge is 2.36. The van der Waals surface area contributed by atoms with Crippen molar-refractivity contribution in [1.82, 2.24) is 14.5 Å². The molecule has 2 aliphatic rings. The van der Waals surface area contributed by atoms with Gasteiger partial charge in [-0.25, -0.2) is 13.1 Å². The molecule has 2 saturated carbocycles. The van der Waals surface area contributed by atoms with Crippen LogP contribution in [-0.2, 0) is 16.6 Å². The standard InChI is InChI=1S/C18H23N3O4S/c22-18-11-13(12-21-9-1-8-19-21)10-17(18)20-26(23,24)16-6-4-15(5-7-16)25-14-2-3-14/h1,4-9,13-14,17-18,20,22H,2-3,10-12H2/t13?,17-,18-/m1/s1. The molecule has 2 aromatic rings. The summed E-state index contributed by atoms with van der Waals surface area (Å²) in [4.78, 5) is 0.184. The van der Waals surface area contributed by atoms with E-state index in [0.717, 1.165) is 12.8 Å². The van der Waals surface area contributed by atoms with Gasteiger partial charge in [0.05, 0.1) is 17.1 Å². The normalized spacial score (nSPS) is 26.1. The maximum Gasteiger partial charge on any atom is 0.240 e. The zero-order valence-corrected chi connectivity index (χ0v) is 15.2. The molecule has 140 valence electrons. The highest BCUT2D eigenvalue weighted by Crippen LogP contribution is 2.30. The molecule has 2 aliphatic carbocycles. The molecule has 0 bridgehead atoms. The van der Waals surface area contributed by atoms with E-state index in [-0.39, 0.29) is 16.9 Å². The van der Waals surface area contributed by atoms with E-state index in [1.165, 1.54) is 0 Å². The first kappa shape index (κ1) is 17.5. The number of ether oxygens (including phenoxy) is 1. The first-order valence-corrected chi connectivity index (χ1v) is 10.4. The molecule has 1 aromatic carbocycles. The van der Waals surface area contributed by atoms with Crippen molar-refractivity contribution in [3.05, 3.63) is 42.7 Å². The van der Waals surface area contributed by atoms with Gasteiger partial charge in [-0.05, 0) is 61.9 Å². The Hall–Kier alpha value is -1.90. The van der Waals surface area contributed by atoms with Crippen molar-refractivity contribution in [1.29, 1.82) is 0 Å². The van der Waals surface area contributed by atoms with Crippen molar-refractivity contribution < 1.29 is 18.3 Å². The van der Waals surface area contributed by atoms with E-state index in [1.54, 1.807) is 30.5 Å². The third kappa shape index (κ3) is 4.08. The monoisotopic (exact) mass is 377 g/mol. The maximum absolute atomic E-state index is 12.6. The summed E-state index contributed by atoms with van der Waals surface area (Å²) >= 11 is 0. The number of sulfonamides is 1. The van der Waals surface area contributed by atoms with Gasteiger partial charge >= 0.3 is 0 Å². The highest BCUT2D eigenvalue weighted by atomic mass is 32.2. The molecule has 0 saturated heterocycles. The van der Waals surface area contributed by atoms with Gasteiger partial charge in [0.2, 0.25) is 10.0 Å². The van der Waals surface area contributed by atoms with Crippen molar-refractivity contribution in [2.45, 2.75) is 55.4 Å². The predicted octanol–water partition coefficient (Wildman–Crippen LogP) is 1.54. The molecule has 7 nitrogen and oxygen atoms in total. The number of aromatic nitrogens is 2. The molecule has 3 atom stereocenters. The van der Waals surface area contributed by atoms with Crippen molar-refractivity contribution in [2.24, 2.45) is 5.92 Å². The minimum absolute atomic E-state index is 0.184. The predicted molar refractivity (Wildman–Crippen MR) is 95.2 cm³/mol. The fraction of sp³-hybridized carbons (Fsp3) is 0.500. The van der Waals surface area contributed by atoms with Crippen molar-refractivity contribution >= 4 is 10.0 Å². The Morgan fingerprint density at radius 2 is 2.00 bits per heavy atom. The number of benzene rings is 1. The summed E-state index contributed by atoms with van der Waals surface area (Å²) in [5.74, 6) is 0.874. The smallest absolute Gasteiger partial charge is 0.240 e. The lowest BCUT2D eigenvalue weighted by molar-refractivity contribution is 0.154. The zero-order chi connectivity index (χ0) is 18.1. The summed E-state index contributed by atoms with van der Waals surface area (Å²) in [6.07, 6.45) is 6.42. The number of aliphatic hydroxyl groups excluding tert-OH is 1. The Kier molecular flexibility index (Phi) is 4.73. The van der Waals surface area contributed by atoms with Crippen LogP contribution in [-0.4, -0.2) is 41.6 Å². The summed E-state index contributed by atoms with van der Waals surface area (Å²) in [6.45, 7) is 0.676. The second-order valence-corrected chi connectivity index (χ2v) is 8.86. The van der Waals surface area contributed by atoms with Gasteiger partial charge in [-0.1, -0.05) is 0 Å². The molecule has 0 radical (unpaired) electrons. The van der Waals surface area contributed by atoms with Gasteiger partial charge in [-0.15, -0.1) is 0 Å². The Labute approximate surface area is 153 Å². The fourth-order valence-corrected chi connectivity index (χ4v) is 4.69. The van der Waals surface area contributed by atoms with Gasteiger partial charge in [-0.3, -0.25) is 4.68 Å². The van der Waals surface area contributed by atoms with E-state index in [1.807, 2.05) is 16.9 Å². The van der Waals surface area contributed by atoms with Crippen LogP contribution >= 0.6 is 0 Å². The summed E-state index contributed by atoms with van der Waals surface area (Å²) in [7, 11) is -3.68. The second-order valence-electron chi connectivity index (χ2n) is 7.15. The van der Waals surface area contributed by atoms with Crippen LogP contribution in [0.5, 0.6) is 5.75 Å². The second kappa shape index (κ2) is 7.02.